The van der Waals surface area contributed by atoms with Crippen molar-refractivity contribution in [1.29, 1.82) is 0 Å². The number of carbonyl (C=O) groups is 1. The van der Waals surface area contributed by atoms with Crippen LogP contribution in [-0.2, 0) is 16.1 Å². The summed E-state index contributed by atoms with van der Waals surface area (Å²) in [6.07, 6.45) is 0.387. The second kappa shape index (κ2) is 6.78. The zero-order valence-electron chi connectivity index (χ0n) is 9.03. The minimum Gasteiger partial charge on any atom is -0.469 e. The molecule has 0 amide bonds. The highest BCUT2D eigenvalue weighted by atomic mass is 35.5. The second-order valence-corrected chi connectivity index (χ2v) is 4.70. The van der Waals surface area contributed by atoms with Crippen LogP contribution in [0.15, 0.2) is 23.1 Å². The van der Waals surface area contributed by atoms with Crippen molar-refractivity contribution in [3.05, 3.63) is 28.8 Å². The zero-order valence-corrected chi connectivity index (χ0v) is 10.6. The van der Waals surface area contributed by atoms with Gasteiger partial charge in [-0.05, 0) is 17.7 Å². The minimum absolute atomic E-state index is 0.205. The molecule has 0 aliphatic carbocycles. The van der Waals surface area contributed by atoms with Gasteiger partial charge in [-0.1, -0.05) is 17.7 Å². The molecule has 1 aromatic carbocycles. The Morgan fingerprint density at radius 1 is 1.56 bits per heavy atom. The van der Waals surface area contributed by atoms with Crippen LogP contribution in [0.3, 0.4) is 0 Å². The Hall–Kier alpha value is -0.710. The maximum absolute atomic E-state index is 10.9. The van der Waals surface area contributed by atoms with E-state index in [-0.39, 0.29) is 5.97 Å². The summed E-state index contributed by atoms with van der Waals surface area (Å²) in [5, 5.41) is 0.678. The van der Waals surface area contributed by atoms with Crippen LogP contribution in [-0.4, -0.2) is 18.8 Å². The molecule has 3 nitrogen and oxygen atoms in total. The predicted octanol–water partition coefficient (Wildman–Crippen LogP) is 2.45. The van der Waals surface area contributed by atoms with E-state index in [0.717, 1.165) is 10.5 Å². The number of hydrogen-bond acceptors (Lipinski definition) is 4. The number of halogens is 1. The summed E-state index contributed by atoms with van der Waals surface area (Å²) in [6, 6.07) is 5.59. The fourth-order valence-electron chi connectivity index (χ4n) is 1.18. The number of carbonyl (C=O) groups excluding carboxylic acids is 1. The summed E-state index contributed by atoms with van der Waals surface area (Å²) in [5.41, 5.74) is 6.65. The number of rotatable bonds is 5. The van der Waals surface area contributed by atoms with E-state index in [4.69, 9.17) is 17.3 Å². The quantitative estimate of drug-likeness (QED) is 0.652. The van der Waals surface area contributed by atoms with Crippen molar-refractivity contribution in [2.75, 3.05) is 12.9 Å². The molecule has 0 atom stereocenters. The molecule has 0 radical (unpaired) electrons. The lowest BCUT2D eigenvalue weighted by Gasteiger charge is -2.07. The Morgan fingerprint density at radius 3 is 2.94 bits per heavy atom. The van der Waals surface area contributed by atoms with Crippen LogP contribution in [0.2, 0.25) is 5.02 Å². The van der Waals surface area contributed by atoms with Gasteiger partial charge in [0.1, 0.15) is 0 Å². The van der Waals surface area contributed by atoms with Crippen LogP contribution in [0, 0.1) is 0 Å². The number of nitrogens with two attached hydrogens (primary N) is 1. The largest absolute Gasteiger partial charge is 0.469 e. The molecule has 5 heteroatoms. The summed E-state index contributed by atoms with van der Waals surface area (Å²) in [5.74, 6) is 0.462. The highest BCUT2D eigenvalue weighted by Crippen LogP contribution is 2.26. The predicted molar refractivity (Wildman–Crippen MR) is 66.7 cm³/mol. The first-order chi connectivity index (χ1) is 7.67. The van der Waals surface area contributed by atoms with Gasteiger partial charge in [-0.3, -0.25) is 4.79 Å². The zero-order chi connectivity index (χ0) is 12.0. The molecular formula is C11H14ClNO2S. The van der Waals surface area contributed by atoms with Crippen molar-refractivity contribution in [3.63, 3.8) is 0 Å². The normalized spacial score (nSPS) is 10.2. The molecule has 0 aliphatic heterocycles. The van der Waals surface area contributed by atoms with Crippen LogP contribution in [0.5, 0.6) is 0 Å². The molecule has 0 saturated carbocycles. The SMILES string of the molecule is COC(=O)CCSc1cc(Cl)ccc1CN. The minimum atomic E-state index is -0.205. The van der Waals surface area contributed by atoms with Crippen molar-refractivity contribution in [2.45, 2.75) is 17.9 Å². The molecule has 0 fully saturated rings. The van der Waals surface area contributed by atoms with Gasteiger partial charge in [-0.2, -0.15) is 0 Å². The number of thioether (sulfide) groups is 1. The Kier molecular flexibility index (Phi) is 5.66. The standard InChI is InChI=1S/C11H14ClNO2S/c1-15-11(14)4-5-16-10-6-9(12)3-2-8(10)7-13/h2-3,6H,4-5,7,13H2,1H3. The monoisotopic (exact) mass is 259 g/mol. The average molecular weight is 260 g/mol. The number of esters is 1. The highest BCUT2D eigenvalue weighted by Gasteiger charge is 2.05. The second-order valence-electron chi connectivity index (χ2n) is 3.13. The third kappa shape index (κ3) is 4.04. The summed E-state index contributed by atoms with van der Waals surface area (Å²) in [7, 11) is 1.39. The van der Waals surface area contributed by atoms with E-state index in [1.807, 2.05) is 18.2 Å². The van der Waals surface area contributed by atoms with Gasteiger partial charge in [0.05, 0.1) is 13.5 Å². The molecule has 2 N–H and O–H groups in total. The van der Waals surface area contributed by atoms with Crippen molar-refractivity contribution < 1.29 is 9.53 Å². The van der Waals surface area contributed by atoms with Crippen LogP contribution in [0.25, 0.3) is 0 Å². The third-order valence-corrected chi connectivity index (χ3v) is 3.37. The third-order valence-electron chi connectivity index (χ3n) is 2.04. The van der Waals surface area contributed by atoms with Crippen LogP contribution >= 0.6 is 23.4 Å². The van der Waals surface area contributed by atoms with E-state index in [1.54, 1.807) is 11.8 Å². The number of methoxy groups -OCH3 is 1. The van der Waals surface area contributed by atoms with E-state index >= 15 is 0 Å². The lowest BCUT2D eigenvalue weighted by molar-refractivity contribution is -0.140. The van der Waals surface area contributed by atoms with Gasteiger partial charge < -0.3 is 10.5 Å². The molecule has 0 unspecified atom stereocenters. The Balaban J connectivity index is 2.58. The van der Waals surface area contributed by atoms with Crippen LogP contribution in [0.1, 0.15) is 12.0 Å². The van der Waals surface area contributed by atoms with E-state index in [1.165, 1.54) is 7.11 Å². The molecule has 1 rings (SSSR count). The molecule has 0 spiro atoms. The summed E-state index contributed by atoms with van der Waals surface area (Å²) < 4.78 is 4.57. The summed E-state index contributed by atoms with van der Waals surface area (Å²) in [4.78, 5) is 12.0. The van der Waals surface area contributed by atoms with E-state index in [0.29, 0.717) is 23.7 Å². The van der Waals surface area contributed by atoms with Crippen molar-refractivity contribution in [1.82, 2.24) is 0 Å². The lowest BCUT2D eigenvalue weighted by atomic mass is 10.2. The van der Waals surface area contributed by atoms with Gasteiger partial charge in [0.2, 0.25) is 0 Å². The topological polar surface area (TPSA) is 52.3 Å². The molecule has 0 aliphatic rings. The molecular weight excluding hydrogens is 246 g/mol. The Morgan fingerprint density at radius 2 is 2.31 bits per heavy atom. The molecule has 0 saturated heterocycles. The van der Waals surface area contributed by atoms with Crippen molar-refractivity contribution in [3.8, 4) is 0 Å². The van der Waals surface area contributed by atoms with Gasteiger partial charge in [0.15, 0.2) is 0 Å². The van der Waals surface area contributed by atoms with Crippen LogP contribution < -0.4 is 5.73 Å². The number of benzene rings is 1. The maximum atomic E-state index is 10.9. The van der Waals surface area contributed by atoms with Crippen LogP contribution in [0.4, 0.5) is 0 Å². The molecule has 88 valence electrons. The first-order valence-electron chi connectivity index (χ1n) is 4.85. The molecule has 0 heterocycles. The fraction of sp³-hybridized carbons (Fsp3) is 0.364. The Labute approximate surface area is 104 Å². The van der Waals surface area contributed by atoms with Gasteiger partial charge in [0, 0.05) is 22.2 Å². The summed E-state index contributed by atoms with van der Waals surface area (Å²) >= 11 is 7.46. The van der Waals surface area contributed by atoms with Crippen molar-refractivity contribution >= 4 is 29.3 Å². The lowest BCUT2D eigenvalue weighted by Crippen LogP contribution is -2.02. The van der Waals surface area contributed by atoms with Crippen molar-refractivity contribution in [2.24, 2.45) is 5.73 Å². The smallest absolute Gasteiger partial charge is 0.306 e. The van der Waals surface area contributed by atoms with Gasteiger partial charge in [-0.25, -0.2) is 0 Å². The fourth-order valence-corrected chi connectivity index (χ4v) is 2.45. The van der Waals surface area contributed by atoms with E-state index in [2.05, 4.69) is 4.74 Å². The maximum Gasteiger partial charge on any atom is 0.306 e. The van der Waals surface area contributed by atoms with E-state index < -0.39 is 0 Å². The molecule has 1 aromatic rings. The summed E-state index contributed by atoms with van der Waals surface area (Å²) in [6.45, 7) is 0.470. The van der Waals surface area contributed by atoms with Gasteiger partial charge in [-0.15, -0.1) is 11.8 Å². The highest BCUT2D eigenvalue weighted by molar-refractivity contribution is 7.99. The first-order valence-corrected chi connectivity index (χ1v) is 6.22. The molecule has 0 aromatic heterocycles. The van der Waals surface area contributed by atoms with Gasteiger partial charge >= 0.3 is 5.97 Å². The van der Waals surface area contributed by atoms with E-state index in [9.17, 15) is 4.79 Å². The average Bonchev–Trinajstić information content (AvgIpc) is 2.29. The van der Waals surface area contributed by atoms with Gasteiger partial charge in [0.25, 0.3) is 0 Å². The molecule has 16 heavy (non-hydrogen) atoms. The first kappa shape index (κ1) is 13.4. The number of ether oxygens (including phenoxy) is 1. The number of hydrogen-bond donors (Lipinski definition) is 1. The molecule has 0 bridgehead atoms. The Bertz CT molecular complexity index is 371.